The summed E-state index contributed by atoms with van der Waals surface area (Å²) < 4.78 is 45.9. The van der Waals surface area contributed by atoms with Crippen LogP contribution in [0.15, 0.2) is 12.1 Å². The van der Waals surface area contributed by atoms with Gasteiger partial charge in [-0.1, -0.05) is 0 Å². The highest BCUT2D eigenvalue weighted by Gasteiger charge is 2.52. The van der Waals surface area contributed by atoms with Gasteiger partial charge in [0.1, 0.15) is 11.6 Å². The molecular formula is C18H24BF2NO4. The van der Waals surface area contributed by atoms with Crippen LogP contribution in [0.1, 0.15) is 33.3 Å². The fourth-order valence-electron chi connectivity index (χ4n) is 2.98. The Morgan fingerprint density at radius 1 is 1.08 bits per heavy atom. The second-order valence-corrected chi connectivity index (χ2v) is 7.72. The highest BCUT2D eigenvalue weighted by molar-refractivity contribution is 6.62. The predicted octanol–water partition coefficient (Wildman–Crippen LogP) is 1.67. The Balaban J connectivity index is 1.78. The van der Waals surface area contributed by atoms with Crippen LogP contribution in [0.25, 0.3) is 0 Å². The summed E-state index contributed by atoms with van der Waals surface area (Å²) >= 11 is 0. The number of hydrogen-bond acceptors (Lipinski definition) is 4. The van der Waals surface area contributed by atoms with Crippen LogP contribution in [-0.4, -0.2) is 55.4 Å². The predicted molar refractivity (Wildman–Crippen MR) is 93.2 cm³/mol. The molecule has 1 aromatic carbocycles. The van der Waals surface area contributed by atoms with Gasteiger partial charge in [-0.2, -0.15) is 0 Å². The van der Waals surface area contributed by atoms with Gasteiger partial charge in [0, 0.05) is 18.6 Å². The molecule has 8 heteroatoms. The molecule has 0 aliphatic carbocycles. The third-order valence-corrected chi connectivity index (χ3v) is 5.38. The normalized spacial score (nSPS) is 21.9. The minimum Gasteiger partial charge on any atom is -0.399 e. The number of halogens is 2. The van der Waals surface area contributed by atoms with Crippen molar-refractivity contribution in [3.8, 4) is 0 Å². The summed E-state index contributed by atoms with van der Waals surface area (Å²) in [6.45, 7) is 9.23. The van der Waals surface area contributed by atoms with E-state index in [0.717, 1.165) is 12.1 Å². The Labute approximate surface area is 152 Å². The lowest BCUT2D eigenvalue weighted by Crippen LogP contribution is -2.41. The number of nitrogens with zero attached hydrogens (tertiary/aromatic N) is 1. The molecule has 2 aliphatic rings. The third-order valence-electron chi connectivity index (χ3n) is 5.38. The van der Waals surface area contributed by atoms with Gasteiger partial charge in [-0.25, -0.2) is 8.78 Å². The molecule has 0 radical (unpaired) electrons. The first kappa shape index (κ1) is 19.3. The molecule has 2 heterocycles. The van der Waals surface area contributed by atoms with Gasteiger partial charge in [-0.15, -0.1) is 0 Å². The van der Waals surface area contributed by atoms with Gasteiger partial charge in [0.05, 0.1) is 30.8 Å². The average Bonchev–Trinajstić information content (AvgIpc) is 2.79. The molecule has 0 bridgehead atoms. The van der Waals surface area contributed by atoms with E-state index in [1.807, 2.05) is 27.7 Å². The molecule has 0 atom stereocenters. The number of hydrogen-bond donors (Lipinski definition) is 0. The van der Waals surface area contributed by atoms with Crippen LogP contribution in [0.2, 0.25) is 0 Å². The van der Waals surface area contributed by atoms with E-state index in [1.165, 1.54) is 0 Å². The summed E-state index contributed by atoms with van der Waals surface area (Å²) in [6, 6.07) is 2.13. The molecular weight excluding hydrogens is 343 g/mol. The van der Waals surface area contributed by atoms with Crippen molar-refractivity contribution >= 4 is 18.5 Å². The van der Waals surface area contributed by atoms with Crippen molar-refractivity contribution < 1.29 is 27.6 Å². The summed E-state index contributed by atoms with van der Waals surface area (Å²) in [6.07, 6.45) is -0.188. The topological polar surface area (TPSA) is 48.0 Å². The maximum absolute atomic E-state index is 14.6. The van der Waals surface area contributed by atoms with Crippen molar-refractivity contribution in [1.29, 1.82) is 0 Å². The zero-order valence-electron chi connectivity index (χ0n) is 15.6. The van der Waals surface area contributed by atoms with Crippen LogP contribution in [-0.2, 0) is 25.3 Å². The van der Waals surface area contributed by atoms with Gasteiger partial charge in [0.15, 0.2) is 0 Å². The number of carbonyl (C=O) groups is 1. The van der Waals surface area contributed by atoms with Crippen LogP contribution in [0.4, 0.5) is 8.78 Å². The molecule has 0 saturated carbocycles. The lowest BCUT2D eigenvalue weighted by Gasteiger charge is -2.32. The molecule has 2 fully saturated rings. The van der Waals surface area contributed by atoms with E-state index >= 15 is 0 Å². The summed E-state index contributed by atoms with van der Waals surface area (Å²) in [7, 11) is -0.988. The zero-order chi connectivity index (χ0) is 19.1. The van der Waals surface area contributed by atoms with Crippen LogP contribution < -0.4 is 5.46 Å². The number of benzene rings is 1. The lowest BCUT2D eigenvalue weighted by atomic mass is 9.78. The number of rotatable bonds is 3. The van der Waals surface area contributed by atoms with Gasteiger partial charge in [-0.05, 0) is 45.4 Å². The number of ether oxygens (including phenoxy) is 1. The second kappa shape index (κ2) is 6.90. The van der Waals surface area contributed by atoms with Crippen molar-refractivity contribution in [2.24, 2.45) is 0 Å². The molecule has 3 rings (SSSR count). The summed E-state index contributed by atoms with van der Waals surface area (Å²) in [5.41, 5.74) is -1.26. The van der Waals surface area contributed by atoms with Gasteiger partial charge in [0.2, 0.25) is 5.91 Å². The van der Waals surface area contributed by atoms with Gasteiger partial charge < -0.3 is 18.9 Å². The maximum atomic E-state index is 14.6. The Morgan fingerprint density at radius 2 is 1.65 bits per heavy atom. The quantitative estimate of drug-likeness (QED) is 0.763. The maximum Gasteiger partial charge on any atom is 0.497 e. The van der Waals surface area contributed by atoms with Crippen LogP contribution in [0.3, 0.4) is 0 Å². The van der Waals surface area contributed by atoms with Crippen molar-refractivity contribution in [3.05, 3.63) is 29.3 Å². The molecule has 1 amide bonds. The minimum absolute atomic E-state index is 0.00345. The molecule has 142 valence electrons. The van der Waals surface area contributed by atoms with E-state index in [-0.39, 0.29) is 23.4 Å². The molecule has 2 aliphatic heterocycles. The van der Waals surface area contributed by atoms with E-state index in [0.29, 0.717) is 26.3 Å². The van der Waals surface area contributed by atoms with Gasteiger partial charge >= 0.3 is 7.12 Å². The summed E-state index contributed by atoms with van der Waals surface area (Å²) in [5, 5.41) is 0. The monoisotopic (exact) mass is 367 g/mol. The first-order valence-corrected chi connectivity index (χ1v) is 8.80. The SMILES string of the molecule is CC1(C)OB(c2cc(F)c(CC(=O)N3CCOCC3)cc2F)OC1(C)C. The van der Waals surface area contributed by atoms with Crippen LogP contribution in [0, 0.1) is 11.6 Å². The van der Waals surface area contributed by atoms with Gasteiger partial charge in [0.25, 0.3) is 0 Å². The Bertz CT molecular complexity index is 689. The molecule has 1 aromatic rings. The van der Waals surface area contributed by atoms with E-state index < -0.39 is 30.0 Å². The molecule has 26 heavy (non-hydrogen) atoms. The Hall–Kier alpha value is -1.51. The van der Waals surface area contributed by atoms with E-state index in [9.17, 15) is 13.6 Å². The Morgan fingerprint density at radius 3 is 2.23 bits per heavy atom. The van der Waals surface area contributed by atoms with Crippen molar-refractivity contribution in [1.82, 2.24) is 4.90 Å². The average molecular weight is 367 g/mol. The highest BCUT2D eigenvalue weighted by Crippen LogP contribution is 2.36. The van der Waals surface area contributed by atoms with E-state index in [4.69, 9.17) is 14.0 Å². The summed E-state index contributed by atoms with van der Waals surface area (Å²) in [4.78, 5) is 13.9. The van der Waals surface area contributed by atoms with Crippen molar-refractivity contribution in [3.63, 3.8) is 0 Å². The third kappa shape index (κ3) is 3.63. The van der Waals surface area contributed by atoms with Crippen molar-refractivity contribution in [2.45, 2.75) is 45.3 Å². The molecule has 0 unspecified atom stereocenters. The largest absolute Gasteiger partial charge is 0.497 e. The number of carbonyl (C=O) groups excluding carboxylic acids is 1. The highest BCUT2D eigenvalue weighted by atomic mass is 19.1. The molecule has 2 saturated heterocycles. The summed E-state index contributed by atoms with van der Waals surface area (Å²) in [5.74, 6) is -1.53. The van der Waals surface area contributed by atoms with Crippen LogP contribution in [0.5, 0.6) is 0 Å². The minimum atomic E-state index is -0.988. The van der Waals surface area contributed by atoms with E-state index in [2.05, 4.69) is 0 Å². The van der Waals surface area contributed by atoms with Gasteiger partial charge in [-0.3, -0.25) is 4.79 Å². The smallest absolute Gasteiger partial charge is 0.399 e. The fraction of sp³-hybridized carbons (Fsp3) is 0.611. The fourth-order valence-corrected chi connectivity index (χ4v) is 2.98. The van der Waals surface area contributed by atoms with Crippen LogP contribution >= 0.6 is 0 Å². The lowest BCUT2D eigenvalue weighted by molar-refractivity contribution is -0.134. The standard InChI is InChI=1S/C18H24BF2NO4/c1-17(2)18(3,4)26-19(25-17)13-11-14(20)12(9-15(13)21)10-16(23)22-5-7-24-8-6-22/h9,11H,5-8,10H2,1-4H3. The second-order valence-electron chi connectivity index (χ2n) is 7.72. The first-order chi connectivity index (χ1) is 12.1. The first-order valence-electron chi connectivity index (χ1n) is 8.80. The molecule has 0 aromatic heterocycles. The van der Waals surface area contributed by atoms with Crippen molar-refractivity contribution in [2.75, 3.05) is 26.3 Å². The number of amides is 1. The molecule has 5 nitrogen and oxygen atoms in total. The number of morpholine rings is 1. The molecule has 0 spiro atoms. The Kier molecular flexibility index (Phi) is 5.12. The zero-order valence-corrected chi connectivity index (χ0v) is 15.6. The van der Waals surface area contributed by atoms with E-state index in [1.54, 1.807) is 4.90 Å². The molecule has 0 N–H and O–H groups in total.